The number of hydrogen-bond acceptors (Lipinski definition) is 4. The standard InChI is InChI=1S/C13H24N2O3/c1-9-6-10(4-5-14-9)13(16)15-7-11(17-2)12(8-15)18-3/h9-12,14H,4-8H2,1-3H3. The molecule has 18 heavy (non-hydrogen) atoms. The molecule has 2 aliphatic heterocycles. The lowest BCUT2D eigenvalue weighted by atomic mass is 9.92. The topological polar surface area (TPSA) is 50.8 Å². The molecule has 0 saturated carbocycles. The molecule has 2 aliphatic rings. The van der Waals surface area contributed by atoms with E-state index in [1.807, 2.05) is 4.90 Å². The van der Waals surface area contributed by atoms with Crippen LogP contribution < -0.4 is 5.32 Å². The van der Waals surface area contributed by atoms with E-state index in [1.54, 1.807) is 14.2 Å². The summed E-state index contributed by atoms with van der Waals surface area (Å²) in [6, 6.07) is 0.437. The third-order valence-electron chi connectivity index (χ3n) is 4.11. The summed E-state index contributed by atoms with van der Waals surface area (Å²) >= 11 is 0. The molecule has 2 heterocycles. The highest BCUT2D eigenvalue weighted by Crippen LogP contribution is 2.23. The Kier molecular flexibility index (Phi) is 4.59. The predicted molar refractivity (Wildman–Crippen MR) is 68.4 cm³/mol. The van der Waals surface area contributed by atoms with Gasteiger partial charge in [-0.15, -0.1) is 0 Å². The van der Waals surface area contributed by atoms with Gasteiger partial charge >= 0.3 is 0 Å². The molecule has 1 amide bonds. The molecule has 0 aromatic heterocycles. The molecule has 0 radical (unpaired) electrons. The predicted octanol–water partition coefficient (Wildman–Crippen LogP) is 0.247. The molecule has 0 spiro atoms. The van der Waals surface area contributed by atoms with Gasteiger partial charge in [-0.05, 0) is 26.3 Å². The quantitative estimate of drug-likeness (QED) is 0.786. The van der Waals surface area contributed by atoms with Crippen molar-refractivity contribution < 1.29 is 14.3 Å². The average molecular weight is 256 g/mol. The van der Waals surface area contributed by atoms with Gasteiger partial charge < -0.3 is 19.7 Å². The molecule has 2 rings (SSSR count). The summed E-state index contributed by atoms with van der Waals surface area (Å²) in [5.74, 6) is 0.430. The molecule has 0 bridgehead atoms. The van der Waals surface area contributed by atoms with Gasteiger partial charge in [-0.25, -0.2) is 0 Å². The third kappa shape index (κ3) is 2.84. The summed E-state index contributed by atoms with van der Waals surface area (Å²) in [6.07, 6.45) is 1.90. The van der Waals surface area contributed by atoms with Crippen molar-refractivity contribution in [3.05, 3.63) is 0 Å². The van der Waals surface area contributed by atoms with Gasteiger partial charge in [-0.1, -0.05) is 0 Å². The van der Waals surface area contributed by atoms with E-state index in [2.05, 4.69) is 12.2 Å². The van der Waals surface area contributed by atoms with Crippen molar-refractivity contribution in [2.24, 2.45) is 5.92 Å². The minimum absolute atomic E-state index is 0.0121. The first-order valence-corrected chi connectivity index (χ1v) is 6.73. The molecule has 0 aromatic rings. The minimum atomic E-state index is 0.0121. The average Bonchev–Trinajstić information content (AvgIpc) is 2.81. The summed E-state index contributed by atoms with van der Waals surface area (Å²) < 4.78 is 10.7. The van der Waals surface area contributed by atoms with Crippen molar-refractivity contribution in [1.82, 2.24) is 10.2 Å². The Hall–Kier alpha value is -0.650. The maximum atomic E-state index is 12.5. The fraction of sp³-hybridized carbons (Fsp3) is 0.923. The second-order valence-corrected chi connectivity index (χ2v) is 5.37. The largest absolute Gasteiger partial charge is 0.377 e. The van der Waals surface area contributed by atoms with E-state index < -0.39 is 0 Å². The first-order chi connectivity index (χ1) is 8.65. The van der Waals surface area contributed by atoms with Gasteiger partial charge in [-0.2, -0.15) is 0 Å². The van der Waals surface area contributed by atoms with E-state index in [4.69, 9.17) is 9.47 Å². The van der Waals surface area contributed by atoms with Crippen molar-refractivity contribution in [2.45, 2.75) is 38.0 Å². The maximum Gasteiger partial charge on any atom is 0.225 e. The monoisotopic (exact) mass is 256 g/mol. The molecule has 4 atom stereocenters. The molecule has 0 aliphatic carbocycles. The molecule has 1 N–H and O–H groups in total. The molecule has 2 saturated heterocycles. The van der Waals surface area contributed by atoms with Gasteiger partial charge in [0.1, 0.15) is 12.2 Å². The molecule has 2 fully saturated rings. The van der Waals surface area contributed by atoms with Gasteiger partial charge in [0.05, 0.1) is 0 Å². The van der Waals surface area contributed by atoms with E-state index in [0.29, 0.717) is 19.1 Å². The summed E-state index contributed by atoms with van der Waals surface area (Å²) in [6.45, 7) is 4.39. The van der Waals surface area contributed by atoms with Crippen LogP contribution in [-0.4, -0.2) is 62.9 Å². The molecule has 4 unspecified atom stereocenters. The van der Waals surface area contributed by atoms with Crippen LogP contribution in [0.3, 0.4) is 0 Å². The van der Waals surface area contributed by atoms with Crippen molar-refractivity contribution >= 4 is 5.91 Å². The third-order valence-corrected chi connectivity index (χ3v) is 4.11. The van der Waals surface area contributed by atoms with E-state index in [9.17, 15) is 4.79 Å². The second-order valence-electron chi connectivity index (χ2n) is 5.37. The SMILES string of the molecule is COC1CN(C(=O)C2CCNC(C)C2)CC1OC. The number of likely N-dealkylation sites (tertiary alicyclic amines) is 1. The first kappa shape index (κ1) is 13.8. The van der Waals surface area contributed by atoms with Crippen LogP contribution in [0.25, 0.3) is 0 Å². The number of piperidine rings is 1. The van der Waals surface area contributed by atoms with Gasteiger partial charge in [0.2, 0.25) is 5.91 Å². The number of carbonyl (C=O) groups is 1. The molecule has 5 nitrogen and oxygen atoms in total. The fourth-order valence-electron chi connectivity index (χ4n) is 2.99. The van der Waals surface area contributed by atoms with E-state index in [1.165, 1.54) is 0 Å². The summed E-state index contributed by atoms with van der Waals surface area (Å²) in [4.78, 5) is 14.4. The Labute approximate surface area is 109 Å². The summed E-state index contributed by atoms with van der Waals surface area (Å²) in [7, 11) is 3.36. The van der Waals surface area contributed by atoms with Gasteiger partial charge in [-0.3, -0.25) is 4.79 Å². The number of nitrogens with one attached hydrogen (secondary N) is 1. The fourth-order valence-corrected chi connectivity index (χ4v) is 2.99. The molecular weight excluding hydrogens is 232 g/mol. The zero-order chi connectivity index (χ0) is 13.1. The molecule has 104 valence electrons. The first-order valence-electron chi connectivity index (χ1n) is 6.73. The lowest BCUT2D eigenvalue weighted by Crippen LogP contribution is -2.43. The Morgan fingerprint density at radius 3 is 2.33 bits per heavy atom. The van der Waals surface area contributed by atoms with E-state index in [0.717, 1.165) is 19.4 Å². The normalized spacial score (nSPS) is 36.9. The van der Waals surface area contributed by atoms with Crippen LogP contribution in [0.1, 0.15) is 19.8 Å². The van der Waals surface area contributed by atoms with Crippen LogP contribution in [-0.2, 0) is 14.3 Å². The van der Waals surface area contributed by atoms with Crippen LogP contribution in [0.2, 0.25) is 0 Å². The molecule has 5 heteroatoms. The van der Waals surface area contributed by atoms with Crippen molar-refractivity contribution in [3.8, 4) is 0 Å². The Balaban J connectivity index is 1.93. The van der Waals surface area contributed by atoms with Crippen molar-refractivity contribution in [3.63, 3.8) is 0 Å². The number of nitrogens with zero attached hydrogens (tertiary/aromatic N) is 1. The summed E-state index contributed by atoms with van der Waals surface area (Å²) in [5, 5.41) is 3.38. The zero-order valence-corrected chi connectivity index (χ0v) is 11.5. The van der Waals surface area contributed by atoms with Gasteiger partial charge in [0, 0.05) is 39.3 Å². The van der Waals surface area contributed by atoms with Crippen LogP contribution >= 0.6 is 0 Å². The van der Waals surface area contributed by atoms with Crippen LogP contribution in [0.4, 0.5) is 0 Å². The lowest BCUT2D eigenvalue weighted by Gasteiger charge is -2.30. The number of ether oxygens (including phenoxy) is 2. The number of amides is 1. The Bertz CT molecular complexity index is 286. The highest BCUT2D eigenvalue weighted by atomic mass is 16.5. The number of methoxy groups -OCH3 is 2. The number of hydrogen-bond donors (Lipinski definition) is 1. The zero-order valence-electron chi connectivity index (χ0n) is 11.5. The highest BCUT2D eigenvalue weighted by Gasteiger charge is 2.38. The highest BCUT2D eigenvalue weighted by molar-refractivity contribution is 5.79. The van der Waals surface area contributed by atoms with Gasteiger partial charge in [0.15, 0.2) is 0 Å². The number of rotatable bonds is 3. The van der Waals surface area contributed by atoms with Gasteiger partial charge in [0.25, 0.3) is 0 Å². The lowest BCUT2D eigenvalue weighted by molar-refractivity contribution is -0.136. The second kappa shape index (κ2) is 5.99. The molecule has 0 aromatic carbocycles. The maximum absolute atomic E-state index is 12.5. The smallest absolute Gasteiger partial charge is 0.225 e. The Morgan fingerprint density at radius 1 is 1.22 bits per heavy atom. The molecular formula is C13H24N2O3. The minimum Gasteiger partial charge on any atom is -0.377 e. The van der Waals surface area contributed by atoms with Crippen molar-refractivity contribution in [2.75, 3.05) is 33.9 Å². The Morgan fingerprint density at radius 2 is 1.83 bits per heavy atom. The van der Waals surface area contributed by atoms with Crippen LogP contribution in [0.5, 0.6) is 0 Å². The van der Waals surface area contributed by atoms with Crippen LogP contribution in [0, 0.1) is 5.92 Å². The number of carbonyl (C=O) groups excluding carboxylic acids is 1. The summed E-state index contributed by atoms with van der Waals surface area (Å²) in [5.41, 5.74) is 0. The van der Waals surface area contributed by atoms with E-state index in [-0.39, 0.29) is 24.0 Å². The van der Waals surface area contributed by atoms with Crippen LogP contribution in [0.15, 0.2) is 0 Å². The van der Waals surface area contributed by atoms with E-state index >= 15 is 0 Å². The van der Waals surface area contributed by atoms with Crippen molar-refractivity contribution in [1.29, 1.82) is 0 Å².